The third-order valence-corrected chi connectivity index (χ3v) is 10.2. The Kier molecular flexibility index (Phi) is 66.3. The van der Waals surface area contributed by atoms with Crippen molar-refractivity contribution in [3.63, 3.8) is 0 Å². The van der Waals surface area contributed by atoms with E-state index in [0.29, 0.717) is 31.7 Å². The van der Waals surface area contributed by atoms with Gasteiger partial charge in [0.05, 0.1) is 0 Å². The summed E-state index contributed by atoms with van der Waals surface area (Å²) in [4.78, 5) is 0. The van der Waals surface area contributed by atoms with Crippen LogP contribution >= 0.6 is 50.7 Å². The molecule has 0 N–H and O–H groups in total. The molecule has 20 heavy (non-hydrogen) atoms. The first kappa shape index (κ1) is 38.9. The van der Waals surface area contributed by atoms with Gasteiger partial charge in [0.15, 0.2) is 0 Å². The Morgan fingerprint density at radius 3 is 0.600 bits per heavy atom. The average Bonchev–Trinajstić information content (AvgIpc) is 2.20. The molecule has 8 heteroatoms. The summed E-state index contributed by atoms with van der Waals surface area (Å²) in [6, 6.07) is 0. The molecule has 0 heterocycles. The van der Waals surface area contributed by atoms with Crippen molar-refractivity contribution in [2.24, 2.45) is 0 Å². The zero-order valence-corrected chi connectivity index (χ0v) is 22.8. The van der Waals surface area contributed by atoms with Crippen LogP contribution in [0.5, 0.6) is 0 Å². The Morgan fingerprint density at radius 1 is 0.500 bits per heavy atom. The van der Waals surface area contributed by atoms with Gasteiger partial charge in [-0.3, -0.25) is 0 Å². The average molecular weight is 586 g/mol. The predicted octanol–water partition coefficient (Wildman–Crippen LogP) is 7.13. The monoisotopic (exact) mass is 584 g/mol. The number of hydrogen-bond donors (Lipinski definition) is 0. The molecule has 0 saturated heterocycles. The Balaban J connectivity index is -0.0000000362. The Morgan fingerprint density at radius 2 is 0.600 bits per heavy atom. The maximum absolute atomic E-state index is 4.49. The van der Waals surface area contributed by atoms with E-state index in [1.165, 1.54) is 11.8 Å². The van der Waals surface area contributed by atoms with Crippen molar-refractivity contribution in [1.29, 1.82) is 0 Å². The molecule has 0 saturated carbocycles. The summed E-state index contributed by atoms with van der Waals surface area (Å²) >= 11 is 4.44. The zero-order chi connectivity index (χ0) is 15.7. The normalized spacial score (nSPS) is 8.50. The van der Waals surface area contributed by atoms with E-state index in [9.17, 15) is 0 Å². The van der Waals surface area contributed by atoms with Crippen molar-refractivity contribution in [3.05, 3.63) is 14.9 Å². The second-order valence-electron chi connectivity index (χ2n) is 4.60. The number of halogens is 2. The minimum absolute atomic E-state index is 0. The molecule has 0 aliphatic heterocycles. The second kappa shape index (κ2) is 34.1. The topological polar surface area (TPSA) is 0 Å². The third kappa shape index (κ3) is 68.1. The fraction of sp³-hybridized carbons (Fsp3) is 0.833. The molecule has 0 rings (SSSR count). The summed E-state index contributed by atoms with van der Waals surface area (Å²) in [6.07, 6.45) is 0. The van der Waals surface area contributed by atoms with Crippen LogP contribution < -0.4 is 0 Å². The van der Waals surface area contributed by atoms with E-state index in [1.54, 1.807) is 0 Å². The van der Waals surface area contributed by atoms with E-state index in [-0.39, 0.29) is 14.9 Å². The molecule has 0 radical (unpaired) electrons. The van der Waals surface area contributed by atoms with E-state index in [2.05, 4.69) is 109 Å². The van der Waals surface area contributed by atoms with E-state index in [4.69, 9.17) is 0 Å². The van der Waals surface area contributed by atoms with Gasteiger partial charge >= 0.3 is 55.4 Å². The molecule has 0 nitrogen and oxygen atoms in total. The summed E-state index contributed by atoms with van der Waals surface area (Å²) in [7, 11) is 10.5. The molecule has 0 unspecified atom stereocenters. The molecule has 0 aromatic heterocycles. The quantitative estimate of drug-likeness (QED) is 0.187. The molecule has 0 fully saturated rings. The van der Waals surface area contributed by atoms with Crippen LogP contribution in [0.15, 0.2) is 0 Å². The van der Waals surface area contributed by atoms with Gasteiger partial charge in [-0.1, -0.05) is 0 Å². The van der Waals surface area contributed by atoms with Crippen LogP contribution in [0.25, 0.3) is 0 Å². The molecule has 0 aromatic rings. The van der Waals surface area contributed by atoms with Crippen molar-refractivity contribution >= 4 is 50.7 Å². The number of rotatable bonds is 4. The van der Waals surface area contributed by atoms with Gasteiger partial charge in [-0.2, -0.15) is 0 Å². The fourth-order valence-corrected chi connectivity index (χ4v) is 10.2. The van der Waals surface area contributed by atoms with E-state index >= 15 is 0 Å². The molecule has 136 valence electrons. The van der Waals surface area contributed by atoms with Gasteiger partial charge in [-0.05, 0) is 65.1 Å². The maximum atomic E-state index is 4.49. The Hall–Kier alpha value is 3.62. The van der Waals surface area contributed by atoms with Crippen molar-refractivity contribution in [2.75, 3.05) is 65.1 Å². The third-order valence-electron chi connectivity index (χ3n) is 1.13. The van der Waals surface area contributed by atoms with Crippen LogP contribution in [0.1, 0.15) is 0 Å². The molecule has 0 bridgehead atoms. The van der Waals surface area contributed by atoms with Gasteiger partial charge in [0, 0.05) is 0 Å². The Bertz CT molecular complexity index is 104. The molecular weight excluding hydrogens is 552 g/mol. The van der Waals surface area contributed by atoms with Gasteiger partial charge in [0.1, 0.15) is 0 Å². The number of hydrogen-bond acceptors (Lipinski definition) is 0. The van der Waals surface area contributed by atoms with E-state index in [0.717, 1.165) is 0 Å². The predicted molar refractivity (Wildman–Crippen MR) is 109 cm³/mol. The summed E-state index contributed by atoms with van der Waals surface area (Å²) in [5.74, 6) is 2.98. The van der Waals surface area contributed by atoms with Crippen molar-refractivity contribution in [3.8, 4) is 0 Å². The molecule has 0 aromatic carbocycles. The summed E-state index contributed by atoms with van der Waals surface area (Å²) in [6.45, 7) is 18.8. The molecule has 0 amide bonds. The van der Waals surface area contributed by atoms with Crippen molar-refractivity contribution in [1.82, 2.24) is 0 Å². The second-order valence-corrected chi connectivity index (χ2v) is 15.5. The van der Waals surface area contributed by atoms with Crippen LogP contribution in [0.2, 0.25) is 0 Å². The summed E-state index contributed by atoms with van der Waals surface area (Å²) in [5, 5.41) is 0. The van der Waals surface area contributed by atoms with Crippen LogP contribution in [0.4, 0.5) is 0 Å². The van der Waals surface area contributed by atoms with Gasteiger partial charge < -0.3 is 14.9 Å². The standard InChI is InChI=1S/2C5H14P2.2CH3.2ClH.2Pd/c2*1-6(2)5-7(3)4;;;;;;/h2*5H2,1-4H3;2*1H3;2*1H;;/q;;2*-1;;;2*+2/p-2. The fourth-order valence-electron chi connectivity index (χ4n) is 1.13. The molecule has 0 aliphatic carbocycles. The first-order valence-electron chi connectivity index (χ1n) is 5.08. The molecule has 0 aliphatic rings. The first-order valence-corrected chi connectivity index (χ1v) is 18.8. The van der Waals surface area contributed by atoms with Crippen LogP contribution in [0.3, 0.4) is 0 Å². The Labute approximate surface area is 165 Å². The van der Waals surface area contributed by atoms with Gasteiger partial charge in [-0.15, -0.1) is 31.7 Å². The van der Waals surface area contributed by atoms with E-state index < -0.39 is 0 Å². The van der Waals surface area contributed by atoms with E-state index in [1.807, 2.05) is 0 Å². The van der Waals surface area contributed by atoms with Gasteiger partial charge in [0.25, 0.3) is 0 Å². The van der Waals surface area contributed by atoms with Gasteiger partial charge in [0.2, 0.25) is 0 Å². The van der Waals surface area contributed by atoms with Crippen molar-refractivity contribution in [2.45, 2.75) is 0 Å². The zero-order valence-electron chi connectivity index (χ0n) is 14.6. The van der Waals surface area contributed by atoms with Crippen molar-refractivity contribution < 1.29 is 36.4 Å². The summed E-state index contributed by atoms with van der Waals surface area (Å²) < 4.78 is 0. The van der Waals surface area contributed by atoms with Crippen LogP contribution in [-0.4, -0.2) is 65.1 Å². The summed E-state index contributed by atoms with van der Waals surface area (Å²) in [5.41, 5.74) is 0. The molecule has 0 spiro atoms. The minimum atomic E-state index is 0. The van der Waals surface area contributed by atoms with Gasteiger partial charge in [-0.25, -0.2) is 0 Å². The van der Waals surface area contributed by atoms with Crippen LogP contribution in [0, 0.1) is 14.9 Å². The molecule has 0 atom stereocenters. The van der Waals surface area contributed by atoms with Crippen LogP contribution in [-0.2, 0) is 36.4 Å². The first-order chi connectivity index (χ1) is 8.25. The SMILES string of the molecule is CP(C)CP(C)C.CP(C)CP(C)C.[CH3-].[CH3-].[Cl][Pd+].[Cl][Pd+]. The molecular formula is C12H34Cl2P4Pd2.